The van der Waals surface area contributed by atoms with E-state index in [1.54, 1.807) is 6.07 Å². The van der Waals surface area contributed by atoms with Crippen molar-refractivity contribution in [1.29, 1.82) is 0 Å². The zero-order chi connectivity index (χ0) is 21.0. The molecule has 0 fully saturated rings. The van der Waals surface area contributed by atoms with Crippen LogP contribution in [-0.2, 0) is 11.3 Å². The third-order valence-corrected chi connectivity index (χ3v) is 4.05. The number of aromatic amines is 1. The Morgan fingerprint density at radius 2 is 1.79 bits per heavy atom. The summed E-state index contributed by atoms with van der Waals surface area (Å²) in [5.74, 6) is 0.637. The van der Waals surface area contributed by atoms with Gasteiger partial charge in [0.2, 0.25) is 11.9 Å². The first-order valence-electron chi connectivity index (χ1n) is 9.52. The Balaban J connectivity index is 1.66. The number of nitrogens with zero attached hydrogens (tertiary/aromatic N) is 2. The van der Waals surface area contributed by atoms with Crippen LogP contribution in [-0.4, -0.2) is 26.8 Å². The van der Waals surface area contributed by atoms with Crippen LogP contribution in [0.15, 0.2) is 42.5 Å². The first-order chi connectivity index (χ1) is 13.7. The molecule has 0 atom stereocenters. The summed E-state index contributed by atoms with van der Waals surface area (Å²) in [6.45, 7) is 10.1. The van der Waals surface area contributed by atoms with Crippen LogP contribution < -0.4 is 10.6 Å². The van der Waals surface area contributed by atoms with Gasteiger partial charge in [0, 0.05) is 12.2 Å². The lowest BCUT2D eigenvalue weighted by atomic mass is 10.1. The highest BCUT2D eigenvalue weighted by Gasteiger charge is 2.20. The fourth-order valence-electron chi connectivity index (χ4n) is 2.96. The van der Waals surface area contributed by atoms with Crippen molar-refractivity contribution in [2.75, 3.05) is 10.6 Å². The van der Waals surface area contributed by atoms with Crippen molar-refractivity contribution in [1.82, 2.24) is 15.2 Å². The SMILES string of the molecule is Cc1cc(C)cc(Nc2n[nH]c(NCc3ccccc3C(=O)OC(C)(C)C)n2)c1. The number of H-pyrrole nitrogens is 1. The Morgan fingerprint density at radius 1 is 1.10 bits per heavy atom. The van der Waals surface area contributed by atoms with Crippen LogP contribution >= 0.6 is 0 Å². The van der Waals surface area contributed by atoms with Gasteiger partial charge in [0.15, 0.2) is 0 Å². The number of carbonyl (C=O) groups is 1. The molecule has 0 radical (unpaired) electrons. The van der Waals surface area contributed by atoms with E-state index in [1.807, 2.05) is 65.0 Å². The van der Waals surface area contributed by atoms with E-state index >= 15 is 0 Å². The average Bonchev–Trinajstić information content (AvgIpc) is 3.05. The van der Waals surface area contributed by atoms with Crippen LogP contribution in [0.5, 0.6) is 0 Å². The van der Waals surface area contributed by atoms with Crippen molar-refractivity contribution in [2.45, 2.75) is 46.8 Å². The van der Waals surface area contributed by atoms with E-state index in [1.165, 1.54) is 11.1 Å². The molecule has 0 aliphatic heterocycles. The van der Waals surface area contributed by atoms with E-state index in [0.29, 0.717) is 24.0 Å². The van der Waals surface area contributed by atoms with E-state index in [4.69, 9.17) is 4.74 Å². The molecule has 0 aliphatic carbocycles. The molecular formula is C22H27N5O2. The summed E-state index contributed by atoms with van der Waals surface area (Å²) in [7, 11) is 0. The summed E-state index contributed by atoms with van der Waals surface area (Å²) in [5.41, 5.74) is 4.07. The van der Waals surface area contributed by atoms with Crippen molar-refractivity contribution in [3.63, 3.8) is 0 Å². The largest absolute Gasteiger partial charge is 0.456 e. The molecule has 0 bridgehead atoms. The third-order valence-electron chi connectivity index (χ3n) is 4.05. The fraction of sp³-hybridized carbons (Fsp3) is 0.318. The van der Waals surface area contributed by atoms with Crippen LogP contribution in [0.1, 0.15) is 47.8 Å². The maximum atomic E-state index is 12.5. The molecule has 7 heteroatoms. The molecule has 0 saturated heterocycles. The van der Waals surface area contributed by atoms with Gasteiger partial charge >= 0.3 is 5.97 Å². The van der Waals surface area contributed by atoms with Gasteiger partial charge < -0.3 is 15.4 Å². The minimum absolute atomic E-state index is 0.343. The lowest BCUT2D eigenvalue weighted by Gasteiger charge is -2.20. The molecule has 1 heterocycles. The van der Waals surface area contributed by atoms with E-state index in [-0.39, 0.29) is 5.97 Å². The van der Waals surface area contributed by atoms with Crippen molar-refractivity contribution >= 4 is 23.6 Å². The molecule has 0 amide bonds. The lowest BCUT2D eigenvalue weighted by molar-refractivity contribution is 0.00684. The fourth-order valence-corrected chi connectivity index (χ4v) is 2.96. The molecule has 29 heavy (non-hydrogen) atoms. The topological polar surface area (TPSA) is 91.9 Å². The number of rotatable bonds is 6. The van der Waals surface area contributed by atoms with Gasteiger partial charge in [-0.2, -0.15) is 4.98 Å². The second-order valence-corrected chi connectivity index (χ2v) is 8.02. The number of ether oxygens (including phenoxy) is 1. The average molecular weight is 393 g/mol. The number of esters is 1. The van der Waals surface area contributed by atoms with Gasteiger partial charge in [0.25, 0.3) is 0 Å². The Labute approximate surface area is 170 Å². The molecular weight excluding hydrogens is 366 g/mol. The molecule has 3 aromatic rings. The van der Waals surface area contributed by atoms with Crippen LogP contribution in [0.2, 0.25) is 0 Å². The molecule has 1 aromatic heterocycles. The van der Waals surface area contributed by atoms with Crippen molar-refractivity contribution in [3.8, 4) is 0 Å². The highest BCUT2D eigenvalue weighted by atomic mass is 16.6. The zero-order valence-corrected chi connectivity index (χ0v) is 17.5. The molecule has 0 spiro atoms. The van der Waals surface area contributed by atoms with Crippen molar-refractivity contribution in [3.05, 3.63) is 64.7 Å². The maximum Gasteiger partial charge on any atom is 0.338 e. The maximum absolute atomic E-state index is 12.5. The predicted octanol–water partition coefficient (Wildman–Crippen LogP) is 4.73. The Hall–Kier alpha value is -3.35. The molecule has 0 unspecified atom stereocenters. The molecule has 2 aromatic carbocycles. The number of carbonyl (C=O) groups excluding carboxylic acids is 1. The minimum Gasteiger partial charge on any atom is -0.456 e. The Morgan fingerprint density at radius 3 is 2.48 bits per heavy atom. The monoisotopic (exact) mass is 393 g/mol. The molecule has 7 nitrogen and oxygen atoms in total. The Bertz CT molecular complexity index is 984. The summed E-state index contributed by atoms with van der Waals surface area (Å²) in [6, 6.07) is 13.5. The summed E-state index contributed by atoms with van der Waals surface area (Å²) in [6.07, 6.45) is 0. The summed E-state index contributed by atoms with van der Waals surface area (Å²) in [5, 5.41) is 13.4. The second kappa shape index (κ2) is 8.34. The first kappa shape index (κ1) is 20.4. The molecule has 152 valence electrons. The van der Waals surface area contributed by atoms with Crippen LogP contribution in [0.25, 0.3) is 0 Å². The van der Waals surface area contributed by atoms with Crippen molar-refractivity contribution < 1.29 is 9.53 Å². The number of hydrogen-bond donors (Lipinski definition) is 3. The standard InChI is InChI=1S/C22H27N5O2/c1-14-10-15(2)12-17(11-14)24-21-25-20(26-27-21)23-13-16-8-6-7-9-18(16)19(28)29-22(3,4)5/h6-12H,13H2,1-5H3,(H3,23,24,25,26,27). The van der Waals surface area contributed by atoms with E-state index in [9.17, 15) is 4.79 Å². The zero-order valence-electron chi connectivity index (χ0n) is 17.5. The van der Waals surface area contributed by atoms with Gasteiger partial charge in [-0.1, -0.05) is 24.3 Å². The number of nitrogens with one attached hydrogen (secondary N) is 3. The normalized spacial score (nSPS) is 11.2. The summed E-state index contributed by atoms with van der Waals surface area (Å²) < 4.78 is 5.49. The highest BCUT2D eigenvalue weighted by molar-refractivity contribution is 5.91. The van der Waals surface area contributed by atoms with Gasteiger partial charge in [-0.05, 0) is 69.5 Å². The molecule has 0 aliphatic rings. The smallest absolute Gasteiger partial charge is 0.338 e. The lowest BCUT2D eigenvalue weighted by Crippen LogP contribution is -2.24. The highest BCUT2D eigenvalue weighted by Crippen LogP contribution is 2.19. The molecule has 0 saturated carbocycles. The summed E-state index contributed by atoms with van der Waals surface area (Å²) in [4.78, 5) is 16.9. The summed E-state index contributed by atoms with van der Waals surface area (Å²) >= 11 is 0. The third kappa shape index (κ3) is 5.81. The van der Waals surface area contributed by atoms with Gasteiger partial charge in [-0.15, -0.1) is 5.10 Å². The Kier molecular flexibility index (Phi) is 5.87. The number of benzene rings is 2. The number of hydrogen-bond acceptors (Lipinski definition) is 6. The van der Waals surface area contributed by atoms with Crippen LogP contribution in [0.3, 0.4) is 0 Å². The quantitative estimate of drug-likeness (QED) is 0.524. The van der Waals surface area contributed by atoms with E-state index in [2.05, 4.69) is 31.9 Å². The van der Waals surface area contributed by atoms with Gasteiger partial charge in [-0.25, -0.2) is 9.89 Å². The van der Waals surface area contributed by atoms with Gasteiger partial charge in [0.1, 0.15) is 5.60 Å². The van der Waals surface area contributed by atoms with E-state index in [0.717, 1.165) is 11.3 Å². The number of aromatic nitrogens is 3. The predicted molar refractivity (Wildman–Crippen MR) is 115 cm³/mol. The van der Waals surface area contributed by atoms with Crippen LogP contribution in [0, 0.1) is 13.8 Å². The van der Waals surface area contributed by atoms with Gasteiger partial charge in [0.05, 0.1) is 5.56 Å². The first-order valence-corrected chi connectivity index (χ1v) is 9.52. The molecule has 3 N–H and O–H groups in total. The number of aryl methyl sites for hydroxylation is 2. The second-order valence-electron chi connectivity index (χ2n) is 8.02. The minimum atomic E-state index is -0.544. The van der Waals surface area contributed by atoms with E-state index < -0.39 is 5.60 Å². The van der Waals surface area contributed by atoms with Crippen LogP contribution in [0.4, 0.5) is 17.6 Å². The number of anilines is 3. The van der Waals surface area contributed by atoms with Gasteiger partial charge in [-0.3, -0.25) is 0 Å². The van der Waals surface area contributed by atoms with Crippen molar-refractivity contribution in [2.24, 2.45) is 0 Å². The molecule has 3 rings (SSSR count).